The second kappa shape index (κ2) is 11.6. The van der Waals surface area contributed by atoms with Gasteiger partial charge in [-0.1, -0.05) is 46.9 Å². The number of ether oxygens (including phenoxy) is 2. The molecule has 0 aliphatic rings. The summed E-state index contributed by atoms with van der Waals surface area (Å²) in [5.74, 6) is -0.00437. The number of nitrogens with one attached hydrogen (secondary N) is 1. The van der Waals surface area contributed by atoms with E-state index in [9.17, 15) is 20.2 Å². The zero-order valence-corrected chi connectivity index (χ0v) is 20.3. The number of nitro groups is 1. The first-order valence-corrected chi connectivity index (χ1v) is 11.0. The molecule has 0 unspecified atom stereocenters. The topological polar surface area (TPSA) is 114 Å². The fourth-order valence-electron chi connectivity index (χ4n) is 2.96. The number of carbonyl (C=O) groups is 1. The van der Waals surface area contributed by atoms with Gasteiger partial charge in [-0.05, 0) is 48.0 Å². The number of hydrogen-bond donors (Lipinski definition) is 1. The first kappa shape index (κ1) is 25.8. The molecule has 1 N–H and O–H groups in total. The van der Waals surface area contributed by atoms with Gasteiger partial charge in [0.15, 0.2) is 11.5 Å². The summed E-state index contributed by atoms with van der Waals surface area (Å²) < 4.78 is 11.2. The maximum atomic E-state index is 12.6. The number of carbonyl (C=O) groups excluding carboxylic acids is 1. The Hall–Kier alpha value is -3.77. The van der Waals surface area contributed by atoms with Gasteiger partial charge in [-0.3, -0.25) is 14.9 Å². The standard InChI is InChI=1S/C24H16Cl3N3O5/c1-34-22-8-5-14(10-23(22)35-13-17-18(25)3-2-4-19(17)26)9-15(12-28)24(31)29-16-6-7-20(27)21(11-16)30(32)33/h2-11H,13H2,1H3,(H,29,31)/b15-9+. The molecule has 35 heavy (non-hydrogen) atoms. The lowest BCUT2D eigenvalue weighted by molar-refractivity contribution is -0.384. The van der Waals surface area contributed by atoms with Crippen LogP contribution in [0.5, 0.6) is 11.5 Å². The van der Waals surface area contributed by atoms with E-state index in [1.807, 2.05) is 6.07 Å². The quantitative estimate of drug-likeness (QED) is 0.150. The minimum absolute atomic E-state index is 0.0585. The van der Waals surface area contributed by atoms with E-state index in [2.05, 4.69) is 5.32 Å². The van der Waals surface area contributed by atoms with Crippen LogP contribution in [0.2, 0.25) is 15.1 Å². The second-order valence-corrected chi connectivity index (χ2v) is 8.17. The number of nitriles is 1. The Morgan fingerprint density at radius 2 is 1.80 bits per heavy atom. The first-order valence-electron chi connectivity index (χ1n) is 9.84. The van der Waals surface area contributed by atoms with Crippen LogP contribution in [-0.4, -0.2) is 17.9 Å². The highest BCUT2D eigenvalue weighted by Crippen LogP contribution is 2.32. The van der Waals surface area contributed by atoms with Crippen LogP contribution in [-0.2, 0) is 11.4 Å². The molecule has 0 aliphatic heterocycles. The number of amides is 1. The van der Waals surface area contributed by atoms with E-state index >= 15 is 0 Å². The molecule has 178 valence electrons. The molecule has 11 heteroatoms. The molecular formula is C24H16Cl3N3O5. The summed E-state index contributed by atoms with van der Waals surface area (Å²) in [6.07, 6.45) is 1.34. The Bertz CT molecular complexity index is 1350. The molecule has 0 heterocycles. The van der Waals surface area contributed by atoms with Crippen molar-refractivity contribution in [3.63, 3.8) is 0 Å². The summed E-state index contributed by atoms with van der Waals surface area (Å²) >= 11 is 18.2. The van der Waals surface area contributed by atoms with Crippen LogP contribution in [0.15, 0.2) is 60.2 Å². The van der Waals surface area contributed by atoms with Crippen LogP contribution in [0.25, 0.3) is 6.08 Å². The largest absolute Gasteiger partial charge is 0.493 e. The third-order valence-corrected chi connectivity index (χ3v) is 5.73. The number of hydrogen-bond acceptors (Lipinski definition) is 6. The van der Waals surface area contributed by atoms with Crippen molar-refractivity contribution in [2.75, 3.05) is 12.4 Å². The number of halogens is 3. The summed E-state index contributed by atoms with van der Waals surface area (Å²) in [5.41, 5.74) is 0.561. The zero-order valence-electron chi connectivity index (χ0n) is 18.1. The SMILES string of the molecule is COc1ccc(/C=C(\C#N)C(=O)Nc2ccc(Cl)c([N+](=O)[O-])c2)cc1OCc1c(Cl)cccc1Cl. The van der Waals surface area contributed by atoms with Gasteiger partial charge in [0.25, 0.3) is 11.6 Å². The highest BCUT2D eigenvalue weighted by molar-refractivity contribution is 6.36. The van der Waals surface area contributed by atoms with Gasteiger partial charge in [-0.25, -0.2) is 0 Å². The van der Waals surface area contributed by atoms with Gasteiger partial charge in [0.2, 0.25) is 0 Å². The zero-order chi connectivity index (χ0) is 25.5. The van der Waals surface area contributed by atoms with Crippen LogP contribution >= 0.6 is 34.8 Å². The molecule has 0 bridgehead atoms. The van der Waals surface area contributed by atoms with E-state index in [-0.39, 0.29) is 28.6 Å². The summed E-state index contributed by atoms with van der Waals surface area (Å²) in [5, 5.41) is 23.8. The minimum Gasteiger partial charge on any atom is -0.493 e. The molecule has 0 spiro atoms. The van der Waals surface area contributed by atoms with Gasteiger partial charge in [-0.15, -0.1) is 0 Å². The number of nitro benzene ring substituents is 1. The molecule has 0 saturated heterocycles. The van der Waals surface area contributed by atoms with Crippen LogP contribution in [0.3, 0.4) is 0 Å². The fraction of sp³-hybridized carbons (Fsp3) is 0.0833. The van der Waals surface area contributed by atoms with Crippen LogP contribution in [0.1, 0.15) is 11.1 Å². The Morgan fingerprint density at radius 3 is 2.43 bits per heavy atom. The Kier molecular flexibility index (Phi) is 8.55. The molecule has 0 aliphatic carbocycles. The second-order valence-electron chi connectivity index (χ2n) is 6.95. The maximum Gasteiger partial charge on any atom is 0.289 e. The third kappa shape index (κ3) is 6.43. The molecule has 0 radical (unpaired) electrons. The molecule has 0 saturated carbocycles. The van der Waals surface area contributed by atoms with Gasteiger partial charge in [0, 0.05) is 27.4 Å². The van der Waals surface area contributed by atoms with Crippen molar-refractivity contribution in [3.05, 3.63) is 96.5 Å². The number of benzene rings is 3. The van der Waals surface area contributed by atoms with Crippen LogP contribution < -0.4 is 14.8 Å². The van der Waals surface area contributed by atoms with Crippen LogP contribution in [0, 0.1) is 21.4 Å². The predicted molar refractivity (Wildman–Crippen MR) is 134 cm³/mol. The van der Waals surface area contributed by atoms with Gasteiger partial charge >= 0.3 is 0 Å². The lowest BCUT2D eigenvalue weighted by Gasteiger charge is -2.13. The van der Waals surface area contributed by atoms with Crippen molar-refractivity contribution >= 4 is 58.2 Å². The smallest absolute Gasteiger partial charge is 0.289 e. The highest BCUT2D eigenvalue weighted by atomic mass is 35.5. The van der Waals surface area contributed by atoms with Gasteiger partial charge < -0.3 is 14.8 Å². The summed E-state index contributed by atoms with van der Waals surface area (Å²) in [6.45, 7) is 0.0585. The summed E-state index contributed by atoms with van der Waals surface area (Å²) in [4.78, 5) is 23.0. The Labute approximate surface area is 215 Å². The van der Waals surface area contributed by atoms with E-state index in [4.69, 9.17) is 44.3 Å². The Morgan fingerprint density at radius 1 is 1.09 bits per heavy atom. The van der Waals surface area contributed by atoms with Gasteiger partial charge in [0.1, 0.15) is 23.3 Å². The summed E-state index contributed by atoms with van der Waals surface area (Å²) in [6, 6.07) is 15.5. The summed E-state index contributed by atoms with van der Waals surface area (Å²) in [7, 11) is 1.47. The molecule has 8 nitrogen and oxygen atoms in total. The first-order chi connectivity index (χ1) is 16.7. The van der Waals surface area contributed by atoms with Crippen molar-refractivity contribution < 1.29 is 19.2 Å². The van der Waals surface area contributed by atoms with E-state index in [0.29, 0.717) is 32.7 Å². The molecule has 0 aromatic heterocycles. The third-order valence-electron chi connectivity index (χ3n) is 4.70. The molecule has 3 aromatic carbocycles. The normalized spacial score (nSPS) is 10.9. The average Bonchev–Trinajstić information content (AvgIpc) is 2.83. The number of methoxy groups -OCH3 is 1. The maximum absolute atomic E-state index is 12.6. The lowest BCUT2D eigenvalue weighted by atomic mass is 10.1. The van der Waals surface area contributed by atoms with E-state index in [1.165, 1.54) is 25.3 Å². The lowest BCUT2D eigenvalue weighted by Crippen LogP contribution is -2.13. The molecule has 0 fully saturated rings. The molecule has 1 amide bonds. The van der Waals surface area contributed by atoms with Crippen molar-refractivity contribution in [2.24, 2.45) is 0 Å². The van der Waals surface area contributed by atoms with Crippen molar-refractivity contribution in [2.45, 2.75) is 6.61 Å². The van der Waals surface area contributed by atoms with Crippen molar-refractivity contribution in [3.8, 4) is 17.6 Å². The molecule has 0 atom stereocenters. The number of anilines is 1. The fourth-order valence-corrected chi connectivity index (χ4v) is 3.65. The number of nitrogens with zero attached hydrogens (tertiary/aromatic N) is 2. The predicted octanol–water partition coefficient (Wildman–Crippen LogP) is 6.69. The molecule has 3 aromatic rings. The number of rotatable bonds is 8. The highest BCUT2D eigenvalue weighted by Gasteiger charge is 2.16. The molecule has 3 rings (SSSR count). The van der Waals surface area contributed by atoms with Crippen molar-refractivity contribution in [1.29, 1.82) is 5.26 Å². The van der Waals surface area contributed by atoms with E-state index < -0.39 is 10.8 Å². The van der Waals surface area contributed by atoms with Gasteiger partial charge in [0.05, 0.1) is 12.0 Å². The average molecular weight is 533 g/mol. The molecular weight excluding hydrogens is 517 g/mol. The van der Waals surface area contributed by atoms with Gasteiger partial charge in [-0.2, -0.15) is 5.26 Å². The van der Waals surface area contributed by atoms with E-state index in [0.717, 1.165) is 6.07 Å². The van der Waals surface area contributed by atoms with E-state index in [1.54, 1.807) is 36.4 Å². The monoisotopic (exact) mass is 531 g/mol. The Balaban J connectivity index is 1.84. The van der Waals surface area contributed by atoms with Crippen LogP contribution in [0.4, 0.5) is 11.4 Å². The minimum atomic E-state index is -0.759. The van der Waals surface area contributed by atoms with Crippen molar-refractivity contribution in [1.82, 2.24) is 0 Å².